The summed E-state index contributed by atoms with van der Waals surface area (Å²) >= 11 is 0. The molecule has 4 nitrogen and oxygen atoms in total. The Bertz CT molecular complexity index is 600. The Hall–Kier alpha value is -1.35. The summed E-state index contributed by atoms with van der Waals surface area (Å²) in [6, 6.07) is 1.93. The minimum Gasteiger partial charge on any atom is -0.380 e. The van der Waals surface area contributed by atoms with E-state index in [-0.39, 0.29) is 11.7 Å². The minimum absolute atomic E-state index is 0.275. The van der Waals surface area contributed by atoms with Crippen molar-refractivity contribution in [3.05, 3.63) is 24.0 Å². The third kappa shape index (κ3) is 4.31. The highest BCUT2D eigenvalue weighted by atomic mass is 32.2. The Morgan fingerprint density at radius 1 is 1.29 bits per heavy atom. The number of hydrogen-bond acceptors (Lipinski definition) is 4. The number of sulfone groups is 1. The fourth-order valence-corrected chi connectivity index (χ4v) is 2.75. The molecule has 1 aromatic carbocycles. The van der Waals surface area contributed by atoms with Crippen molar-refractivity contribution >= 4 is 15.5 Å². The SMILES string of the molecule is CC(CN(C)C)Nc1ccc(F)cc1S(=O)(=O)C(F)(F)F. The summed E-state index contributed by atoms with van der Waals surface area (Å²) in [5.74, 6) is -1.05. The number of alkyl halides is 3. The first kappa shape index (κ1) is 17.7. The maximum Gasteiger partial charge on any atom is 0.501 e. The fraction of sp³-hybridized carbons (Fsp3) is 0.500. The highest BCUT2D eigenvalue weighted by Gasteiger charge is 2.48. The summed E-state index contributed by atoms with van der Waals surface area (Å²) in [5, 5.41) is 2.66. The number of nitrogens with one attached hydrogen (secondary N) is 1. The van der Waals surface area contributed by atoms with Crippen molar-refractivity contribution in [3.63, 3.8) is 0 Å². The molecule has 0 spiro atoms. The second-order valence-corrected chi connectivity index (χ2v) is 6.81. The van der Waals surface area contributed by atoms with Gasteiger partial charge in [0.05, 0.1) is 5.69 Å². The van der Waals surface area contributed by atoms with E-state index in [9.17, 15) is 26.0 Å². The lowest BCUT2D eigenvalue weighted by Crippen LogP contribution is -2.31. The van der Waals surface area contributed by atoms with Crippen LogP contribution in [-0.4, -0.2) is 45.5 Å². The lowest BCUT2D eigenvalue weighted by Gasteiger charge is -2.21. The van der Waals surface area contributed by atoms with Crippen LogP contribution >= 0.6 is 0 Å². The lowest BCUT2D eigenvalue weighted by molar-refractivity contribution is -0.0435. The summed E-state index contributed by atoms with van der Waals surface area (Å²) in [6.07, 6.45) is 0. The van der Waals surface area contributed by atoms with E-state index in [1.54, 1.807) is 25.9 Å². The molecule has 0 amide bonds. The highest BCUT2D eigenvalue weighted by molar-refractivity contribution is 7.92. The van der Waals surface area contributed by atoms with Crippen molar-refractivity contribution in [2.75, 3.05) is 26.0 Å². The van der Waals surface area contributed by atoms with Crippen LogP contribution < -0.4 is 5.32 Å². The molecule has 0 heterocycles. The molecular weight excluding hydrogens is 312 g/mol. The van der Waals surface area contributed by atoms with E-state index in [0.29, 0.717) is 12.6 Å². The van der Waals surface area contributed by atoms with E-state index in [1.807, 2.05) is 0 Å². The van der Waals surface area contributed by atoms with Crippen LogP contribution in [0, 0.1) is 5.82 Å². The van der Waals surface area contributed by atoms with Gasteiger partial charge < -0.3 is 10.2 Å². The lowest BCUT2D eigenvalue weighted by atomic mass is 10.2. The van der Waals surface area contributed by atoms with Crippen molar-refractivity contribution in [2.24, 2.45) is 0 Å². The van der Waals surface area contributed by atoms with Gasteiger partial charge in [-0.1, -0.05) is 0 Å². The monoisotopic (exact) mass is 328 g/mol. The van der Waals surface area contributed by atoms with E-state index in [0.717, 1.165) is 12.1 Å². The van der Waals surface area contributed by atoms with Crippen LogP contribution in [0.15, 0.2) is 23.1 Å². The van der Waals surface area contributed by atoms with Crippen LogP contribution in [0.5, 0.6) is 0 Å². The van der Waals surface area contributed by atoms with Gasteiger partial charge in [0, 0.05) is 12.6 Å². The van der Waals surface area contributed by atoms with Crippen molar-refractivity contribution in [3.8, 4) is 0 Å². The molecule has 1 N–H and O–H groups in total. The summed E-state index contributed by atoms with van der Waals surface area (Å²) in [4.78, 5) is 0.666. The molecule has 1 rings (SSSR count). The van der Waals surface area contributed by atoms with Gasteiger partial charge >= 0.3 is 5.51 Å². The smallest absolute Gasteiger partial charge is 0.380 e. The van der Waals surface area contributed by atoms with Crippen molar-refractivity contribution in [1.29, 1.82) is 0 Å². The second-order valence-electron chi connectivity index (χ2n) is 4.90. The van der Waals surface area contributed by atoms with Crippen molar-refractivity contribution < 1.29 is 26.0 Å². The summed E-state index contributed by atoms with van der Waals surface area (Å²) < 4.78 is 74.0. The predicted molar refractivity (Wildman–Crippen MR) is 71.3 cm³/mol. The average Bonchev–Trinajstić information content (AvgIpc) is 2.28. The third-order valence-electron chi connectivity index (χ3n) is 2.58. The summed E-state index contributed by atoms with van der Waals surface area (Å²) in [5.41, 5.74) is -5.76. The number of anilines is 1. The molecule has 0 aliphatic heterocycles. The minimum atomic E-state index is -5.62. The number of hydrogen-bond donors (Lipinski definition) is 1. The summed E-state index contributed by atoms with van der Waals surface area (Å²) in [6.45, 7) is 2.14. The number of likely N-dealkylation sites (N-methyl/N-ethyl adjacent to an activating group) is 1. The molecule has 0 saturated heterocycles. The van der Waals surface area contributed by atoms with E-state index < -0.39 is 26.1 Å². The molecular formula is C12H16F4N2O2S. The Morgan fingerprint density at radius 3 is 2.33 bits per heavy atom. The Morgan fingerprint density at radius 2 is 1.86 bits per heavy atom. The zero-order valence-corrected chi connectivity index (χ0v) is 12.5. The van der Waals surface area contributed by atoms with Crippen LogP contribution in [0.4, 0.5) is 23.2 Å². The molecule has 0 bridgehead atoms. The molecule has 0 aromatic heterocycles. The first-order valence-electron chi connectivity index (χ1n) is 5.97. The van der Waals surface area contributed by atoms with Gasteiger partial charge in [-0.05, 0) is 39.2 Å². The van der Waals surface area contributed by atoms with Crippen LogP contribution in [0.25, 0.3) is 0 Å². The molecule has 21 heavy (non-hydrogen) atoms. The zero-order chi connectivity index (χ0) is 16.4. The van der Waals surface area contributed by atoms with Gasteiger partial charge in [0.15, 0.2) is 0 Å². The number of nitrogens with zero attached hydrogens (tertiary/aromatic N) is 1. The molecule has 1 aromatic rings. The quantitative estimate of drug-likeness (QED) is 0.844. The molecule has 0 fully saturated rings. The van der Waals surface area contributed by atoms with E-state index in [4.69, 9.17) is 0 Å². The molecule has 0 aliphatic carbocycles. The van der Waals surface area contributed by atoms with Gasteiger partial charge in [-0.25, -0.2) is 12.8 Å². The zero-order valence-electron chi connectivity index (χ0n) is 11.7. The summed E-state index contributed by atoms with van der Waals surface area (Å²) in [7, 11) is -2.10. The largest absolute Gasteiger partial charge is 0.501 e. The third-order valence-corrected chi connectivity index (χ3v) is 4.11. The van der Waals surface area contributed by atoms with E-state index in [1.165, 1.54) is 0 Å². The predicted octanol–water partition coefficient (Wildman–Crippen LogP) is 2.48. The van der Waals surface area contributed by atoms with Gasteiger partial charge in [-0.2, -0.15) is 13.2 Å². The van der Waals surface area contributed by atoms with Crippen LogP contribution in [-0.2, 0) is 9.84 Å². The molecule has 1 atom stereocenters. The molecule has 1 unspecified atom stereocenters. The maximum absolute atomic E-state index is 13.1. The first-order valence-corrected chi connectivity index (χ1v) is 7.45. The topological polar surface area (TPSA) is 49.4 Å². The second kappa shape index (κ2) is 6.18. The van der Waals surface area contributed by atoms with E-state index in [2.05, 4.69) is 5.32 Å². The van der Waals surface area contributed by atoms with Gasteiger partial charge in [0.2, 0.25) is 0 Å². The van der Waals surface area contributed by atoms with Gasteiger partial charge in [0.25, 0.3) is 9.84 Å². The van der Waals surface area contributed by atoms with Crippen LogP contribution in [0.3, 0.4) is 0 Å². The molecule has 0 radical (unpaired) electrons. The average molecular weight is 328 g/mol. The Balaban J connectivity index is 3.24. The Labute approximate surface area is 120 Å². The van der Waals surface area contributed by atoms with Crippen LogP contribution in [0.2, 0.25) is 0 Å². The van der Waals surface area contributed by atoms with E-state index >= 15 is 0 Å². The first-order chi connectivity index (χ1) is 9.45. The highest BCUT2D eigenvalue weighted by Crippen LogP contribution is 2.35. The van der Waals surface area contributed by atoms with Crippen LogP contribution in [0.1, 0.15) is 6.92 Å². The van der Waals surface area contributed by atoms with Crippen molar-refractivity contribution in [2.45, 2.75) is 23.4 Å². The molecule has 0 aliphatic rings. The standard InChI is InChI=1S/C12H16F4N2O2S/c1-8(7-18(2)3)17-10-5-4-9(13)6-11(10)21(19,20)12(14,15)16/h4-6,8,17H,7H2,1-3H3. The molecule has 0 saturated carbocycles. The van der Waals surface area contributed by atoms with Gasteiger partial charge in [0.1, 0.15) is 10.7 Å². The van der Waals surface area contributed by atoms with Gasteiger partial charge in [-0.3, -0.25) is 0 Å². The van der Waals surface area contributed by atoms with Gasteiger partial charge in [-0.15, -0.1) is 0 Å². The number of rotatable bonds is 5. The number of benzene rings is 1. The van der Waals surface area contributed by atoms with Crippen molar-refractivity contribution in [1.82, 2.24) is 4.90 Å². The molecule has 120 valence electrons. The Kier molecular flexibility index (Phi) is 5.21. The fourth-order valence-electron chi connectivity index (χ4n) is 1.82. The normalized spacial score (nSPS) is 14.3. The maximum atomic E-state index is 13.1. The molecule has 9 heteroatoms. The number of halogens is 4.